The predicted octanol–water partition coefficient (Wildman–Crippen LogP) is 2.30. The summed E-state index contributed by atoms with van der Waals surface area (Å²) in [7, 11) is 0. The molecule has 0 amide bonds. The minimum absolute atomic E-state index is 0.254. The maximum Gasteiger partial charge on any atom is 0.136 e. The van der Waals surface area contributed by atoms with E-state index >= 15 is 0 Å². The molecule has 2 rings (SSSR count). The number of hydrogen-bond acceptors (Lipinski definition) is 3. The van der Waals surface area contributed by atoms with E-state index in [-0.39, 0.29) is 5.92 Å². The molecule has 1 heterocycles. The molecule has 1 saturated carbocycles. The normalized spacial score (nSPS) is 28.2. The van der Waals surface area contributed by atoms with Gasteiger partial charge in [0.2, 0.25) is 0 Å². The van der Waals surface area contributed by atoms with Crippen molar-refractivity contribution in [2.45, 2.75) is 26.2 Å². The number of Topliss-reactive ketones (excluding diaryl/α,β-unsaturated/α-hetero) is 1. The zero-order valence-electron chi connectivity index (χ0n) is 7.69. The molecule has 0 bridgehead atoms. The van der Waals surface area contributed by atoms with Gasteiger partial charge in [0.1, 0.15) is 5.78 Å². The molecule has 13 heavy (non-hydrogen) atoms. The fourth-order valence-electron chi connectivity index (χ4n) is 1.93. The Morgan fingerprint density at radius 3 is 3.08 bits per heavy atom. The van der Waals surface area contributed by atoms with Gasteiger partial charge < -0.3 is 0 Å². The zero-order valence-corrected chi connectivity index (χ0v) is 8.51. The highest BCUT2D eigenvalue weighted by atomic mass is 32.1. The van der Waals surface area contributed by atoms with Gasteiger partial charge in [0.05, 0.1) is 5.01 Å². The summed E-state index contributed by atoms with van der Waals surface area (Å²) >= 11 is 1.69. The van der Waals surface area contributed by atoms with Gasteiger partial charge >= 0.3 is 0 Å². The first-order valence-electron chi connectivity index (χ1n) is 4.68. The Morgan fingerprint density at radius 1 is 1.69 bits per heavy atom. The highest BCUT2D eigenvalue weighted by Crippen LogP contribution is 2.31. The van der Waals surface area contributed by atoms with Crippen molar-refractivity contribution in [3.8, 4) is 0 Å². The molecule has 3 heteroatoms. The first kappa shape index (κ1) is 8.88. The van der Waals surface area contributed by atoms with E-state index in [0.29, 0.717) is 11.7 Å². The van der Waals surface area contributed by atoms with E-state index in [9.17, 15) is 4.79 Å². The van der Waals surface area contributed by atoms with Crippen LogP contribution in [0.3, 0.4) is 0 Å². The molecular weight excluding hydrogens is 182 g/mol. The molecule has 0 aromatic carbocycles. The number of hydrogen-bond donors (Lipinski definition) is 0. The van der Waals surface area contributed by atoms with E-state index in [4.69, 9.17) is 0 Å². The van der Waals surface area contributed by atoms with Gasteiger partial charge in [-0.2, -0.15) is 0 Å². The van der Waals surface area contributed by atoms with Gasteiger partial charge in [0.15, 0.2) is 0 Å². The molecule has 1 fully saturated rings. The Balaban J connectivity index is 2.00. The first-order chi connectivity index (χ1) is 6.27. The molecule has 2 atom stereocenters. The van der Waals surface area contributed by atoms with Crippen LogP contribution >= 0.6 is 11.3 Å². The summed E-state index contributed by atoms with van der Waals surface area (Å²) in [4.78, 5) is 15.5. The summed E-state index contributed by atoms with van der Waals surface area (Å²) in [6.07, 6.45) is 4.66. The third kappa shape index (κ3) is 1.80. The molecule has 0 saturated heterocycles. The molecule has 2 nitrogen and oxygen atoms in total. The molecule has 70 valence electrons. The van der Waals surface area contributed by atoms with Gasteiger partial charge in [0, 0.05) is 30.3 Å². The minimum Gasteiger partial charge on any atom is -0.299 e. The van der Waals surface area contributed by atoms with Gasteiger partial charge in [-0.05, 0) is 12.3 Å². The van der Waals surface area contributed by atoms with Gasteiger partial charge in [0.25, 0.3) is 0 Å². The summed E-state index contributed by atoms with van der Waals surface area (Å²) in [5.74, 6) is 1.23. The zero-order chi connectivity index (χ0) is 9.26. The van der Waals surface area contributed by atoms with Crippen LogP contribution in [-0.4, -0.2) is 10.8 Å². The smallest absolute Gasteiger partial charge is 0.136 e. The minimum atomic E-state index is 0.254. The van der Waals surface area contributed by atoms with Crippen LogP contribution in [0.15, 0.2) is 11.6 Å². The first-order valence-corrected chi connectivity index (χ1v) is 5.56. The summed E-state index contributed by atoms with van der Waals surface area (Å²) in [6, 6.07) is 0. The number of aromatic nitrogens is 1. The largest absolute Gasteiger partial charge is 0.299 e. The topological polar surface area (TPSA) is 30.0 Å². The fraction of sp³-hybridized carbons (Fsp3) is 0.600. The average Bonchev–Trinajstić information content (AvgIpc) is 2.71. The summed E-state index contributed by atoms with van der Waals surface area (Å²) in [6.45, 7) is 2.05. The lowest BCUT2D eigenvalue weighted by atomic mass is 9.95. The number of ketones is 1. The summed E-state index contributed by atoms with van der Waals surface area (Å²) in [5.41, 5.74) is 0. The van der Waals surface area contributed by atoms with Crippen LogP contribution in [0.5, 0.6) is 0 Å². The lowest BCUT2D eigenvalue weighted by Gasteiger charge is -2.11. The van der Waals surface area contributed by atoms with Crippen molar-refractivity contribution in [1.82, 2.24) is 4.98 Å². The second-order valence-corrected chi connectivity index (χ2v) is 4.66. The van der Waals surface area contributed by atoms with Gasteiger partial charge in [-0.1, -0.05) is 6.92 Å². The average molecular weight is 195 g/mol. The van der Waals surface area contributed by atoms with Crippen LogP contribution in [0.1, 0.15) is 24.8 Å². The molecule has 0 aliphatic heterocycles. The van der Waals surface area contributed by atoms with Gasteiger partial charge in [-0.15, -0.1) is 11.3 Å². The molecule has 1 aliphatic carbocycles. The molecule has 2 unspecified atom stereocenters. The van der Waals surface area contributed by atoms with E-state index in [0.717, 1.165) is 19.3 Å². The van der Waals surface area contributed by atoms with Crippen molar-refractivity contribution in [2.24, 2.45) is 11.8 Å². The quantitative estimate of drug-likeness (QED) is 0.724. The fourth-order valence-corrected chi connectivity index (χ4v) is 2.64. The Morgan fingerprint density at radius 2 is 2.54 bits per heavy atom. The van der Waals surface area contributed by atoms with Gasteiger partial charge in [-0.25, -0.2) is 4.98 Å². The molecular formula is C10H13NOS. The maximum absolute atomic E-state index is 11.3. The van der Waals surface area contributed by atoms with E-state index < -0.39 is 0 Å². The monoisotopic (exact) mass is 195 g/mol. The predicted molar refractivity (Wildman–Crippen MR) is 52.7 cm³/mol. The number of nitrogens with zero attached hydrogens (tertiary/aromatic N) is 1. The molecule has 1 aromatic rings. The summed E-state index contributed by atoms with van der Waals surface area (Å²) < 4.78 is 0. The number of thiazole rings is 1. The van der Waals surface area contributed by atoms with E-state index in [1.54, 1.807) is 11.3 Å². The van der Waals surface area contributed by atoms with Crippen LogP contribution in [0, 0.1) is 11.8 Å². The highest BCUT2D eigenvalue weighted by Gasteiger charge is 2.31. The second-order valence-electron chi connectivity index (χ2n) is 3.68. The lowest BCUT2D eigenvalue weighted by Crippen LogP contribution is -2.12. The second kappa shape index (κ2) is 3.58. The Hall–Kier alpha value is -0.700. The van der Waals surface area contributed by atoms with Crippen molar-refractivity contribution in [1.29, 1.82) is 0 Å². The van der Waals surface area contributed by atoms with Gasteiger partial charge in [-0.3, -0.25) is 4.79 Å². The van der Waals surface area contributed by atoms with Crippen LogP contribution in [0.4, 0.5) is 0 Å². The van der Waals surface area contributed by atoms with E-state index in [2.05, 4.69) is 4.98 Å². The summed E-state index contributed by atoms with van der Waals surface area (Å²) in [5, 5.41) is 3.17. The highest BCUT2D eigenvalue weighted by molar-refractivity contribution is 7.09. The Bertz CT molecular complexity index is 294. The number of carbonyl (C=O) groups is 1. The maximum atomic E-state index is 11.3. The van der Waals surface area contributed by atoms with Crippen molar-refractivity contribution in [3.05, 3.63) is 16.6 Å². The van der Waals surface area contributed by atoms with Crippen molar-refractivity contribution >= 4 is 17.1 Å². The molecule has 0 radical (unpaired) electrons. The van der Waals surface area contributed by atoms with Crippen LogP contribution in [0.25, 0.3) is 0 Å². The van der Waals surface area contributed by atoms with E-state index in [1.807, 2.05) is 18.5 Å². The molecule has 0 N–H and O–H groups in total. The number of rotatable bonds is 2. The Labute approximate surface area is 82.0 Å². The van der Waals surface area contributed by atoms with Crippen molar-refractivity contribution < 1.29 is 4.79 Å². The van der Waals surface area contributed by atoms with Crippen LogP contribution < -0.4 is 0 Å². The third-order valence-electron chi connectivity index (χ3n) is 2.90. The molecule has 0 spiro atoms. The Kier molecular flexibility index (Phi) is 2.44. The van der Waals surface area contributed by atoms with Crippen molar-refractivity contribution in [3.63, 3.8) is 0 Å². The van der Waals surface area contributed by atoms with E-state index in [1.165, 1.54) is 5.01 Å². The van der Waals surface area contributed by atoms with Crippen LogP contribution in [0.2, 0.25) is 0 Å². The third-order valence-corrected chi connectivity index (χ3v) is 3.70. The molecule has 1 aromatic heterocycles. The molecule has 1 aliphatic rings. The SMILES string of the molecule is CC1C(=O)CCC1Cc1nccs1. The lowest BCUT2D eigenvalue weighted by molar-refractivity contribution is -0.120. The standard InChI is InChI=1S/C10H13NOS/c1-7-8(2-3-9(7)12)6-10-11-4-5-13-10/h4-5,7-8H,2-3,6H2,1H3. The van der Waals surface area contributed by atoms with Crippen molar-refractivity contribution in [2.75, 3.05) is 0 Å². The van der Waals surface area contributed by atoms with Crippen LogP contribution in [-0.2, 0) is 11.2 Å². The number of carbonyl (C=O) groups excluding carboxylic acids is 1.